The van der Waals surface area contributed by atoms with E-state index in [0.717, 1.165) is 32.3 Å². The summed E-state index contributed by atoms with van der Waals surface area (Å²) < 4.78 is 27.2. The van der Waals surface area contributed by atoms with E-state index in [2.05, 4.69) is 15.6 Å². The monoisotopic (exact) mass is 419 g/mol. The lowest BCUT2D eigenvalue weighted by molar-refractivity contribution is -0.902. The van der Waals surface area contributed by atoms with Gasteiger partial charge in [-0.25, -0.2) is 13.8 Å². The molecule has 1 unspecified atom stereocenters. The van der Waals surface area contributed by atoms with Crippen molar-refractivity contribution >= 4 is 39.1 Å². The number of hydrogen-bond donors (Lipinski definition) is 3. The van der Waals surface area contributed by atoms with Crippen molar-refractivity contribution in [1.29, 1.82) is 0 Å². The smallest absolute Gasteiger partial charge is 0.275 e. The second-order valence-corrected chi connectivity index (χ2v) is 7.78. The SMILES string of the molecule is C[C@@H](c1nc2ccccc2s1)[NH+](C)CC(=O)NCC(=O)Nc1ccc(F)c(F)c1. The zero-order valence-electron chi connectivity index (χ0n) is 16.0. The fourth-order valence-corrected chi connectivity index (χ4v) is 3.82. The van der Waals surface area contributed by atoms with Gasteiger partial charge < -0.3 is 15.5 Å². The van der Waals surface area contributed by atoms with Crippen LogP contribution in [-0.4, -0.2) is 36.9 Å². The Labute approximate surface area is 170 Å². The molecule has 0 saturated heterocycles. The first-order chi connectivity index (χ1) is 13.8. The molecular weight excluding hydrogens is 398 g/mol. The first-order valence-corrected chi connectivity index (χ1v) is 9.84. The number of anilines is 1. The molecule has 3 rings (SSSR count). The minimum absolute atomic E-state index is 0.00849. The number of aromatic nitrogens is 1. The van der Waals surface area contributed by atoms with Crippen LogP contribution in [0.5, 0.6) is 0 Å². The van der Waals surface area contributed by atoms with Gasteiger partial charge >= 0.3 is 0 Å². The van der Waals surface area contributed by atoms with Crippen LogP contribution in [0.4, 0.5) is 14.5 Å². The highest BCUT2D eigenvalue weighted by atomic mass is 32.1. The maximum absolute atomic E-state index is 13.2. The number of rotatable bonds is 7. The van der Waals surface area contributed by atoms with Gasteiger partial charge in [0.25, 0.3) is 5.91 Å². The number of thiazole rings is 1. The van der Waals surface area contributed by atoms with Crippen LogP contribution in [0.1, 0.15) is 18.0 Å². The lowest BCUT2D eigenvalue weighted by Gasteiger charge is -2.19. The molecule has 0 radical (unpaired) electrons. The van der Waals surface area contributed by atoms with Crippen molar-refractivity contribution in [2.45, 2.75) is 13.0 Å². The van der Waals surface area contributed by atoms with E-state index in [-0.39, 0.29) is 30.7 Å². The van der Waals surface area contributed by atoms with Crippen LogP contribution in [0.15, 0.2) is 42.5 Å². The second kappa shape index (κ2) is 9.06. The van der Waals surface area contributed by atoms with E-state index in [1.165, 1.54) is 6.07 Å². The lowest BCUT2D eigenvalue weighted by atomic mass is 10.3. The third-order valence-corrected chi connectivity index (χ3v) is 5.73. The number of halogens is 2. The molecule has 0 aliphatic carbocycles. The van der Waals surface area contributed by atoms with Crippen molar-refractivity contribution in [2.75, 3.05) is 25.5 Å². The number of amides is 2. The van der Waals surface area contributed by atoms with Gasteiger partial charge in [0.2, 0.25) is 5.91 Å². The van der Waals surface area contributed by atoms with Gasteiger partial charge in [-0.05, 0) is 31.2 Å². The highest BCUT2D eigenvalue weighted by Gasteiger charge is 2.22. The first-order valence-electron chi connectivity index (χ1n) is 9.03. The summed E-state index contributed by atoms with van der Waals surface area (Å²) in [5.74, 6) is -2.87. The topological polar surface area (TPSA) is 75.5 Å². The molecule has 2 amide bonds. The predicted octanol–water partition coefficient (Wildman–Crippen LogP) is 1.91. The van der Waals surface area contributed by atoms with Crippen molar-refractivity contribution in [3.05, 3.63) is 59.1 Å². The normalized spacial score (nSPS) is 13.1. The van der Waals surface area contributed by atoms with Crippen molar-refractivity contribution in [3.63, 3.8) is 0 Å². The number of para-hydroxylation sites is 1. The summed E-state index contributed by atoms with van der Waals surface area (Å²) in [5.41, 5.74) is 1.06. The molecule has 2 atom stereocenters. The Morgan fingerprint density at radius 2 is 1.90 bits per heavy atom. The van der Waals surface area contributed by atoms with E-state index < -0.39 is 17.5 Å². The number of quaternary nitrogens is 1. The fraction of sp³-hybridized carbons (Fsp3) is 0.250. The third-order valence-electron chi connectivity index (χ3n) is 4.51. The minimum atomic E-state index is -1.05. The molecule has 0 bridgehead atoms. The van der Waals surface area contributed by atoms with Crippen LogP contribution in [0, 0.1) is 11.6 Å². The van der Waals surface area contributed by atoms with Crippen molar-refractivity contribution < 1.29 is 23.3 Å². The summed E-state index contributed by atoms with van der Waals surface area (Å²) in [5, 5.41) is 5.88. The maximum atomic E-state index is 13.2. The van der Waals surface area contributed by atoms with Crippen molar-refractivity contribution in [2.24, 2.45) is 0 Å². The van der Waals surface area contributed by atoms with Gasteiger partial charge in [-0.3, -0.25) is 9.59 Å². The number of hydrogen-bond acceptors (Lipinski definition) is 4. The molecule has 9 heteroatoms. The Morgan fingerprint density at radius 1 is 1.14 bits per heavy atom. The van der Waals surface area contributed by atoms with E-state index in [0.29, 0.717) is 0 Å². The maximum Gasteiger partial charge on any atom is 0.275 e. The summed E-state index contributed by atoms with van der Waals surface area (Å²) in [7, 11) is 1.89. The number of carbonyl (C=O) groups excluding carboxylic acids is 2. The van der Waals surface area contributed by atoms with E-state index in [1.54, 1.807) is 11.3 Å². The largest absolute Gasteiger partial charge is 0.342 e. The Balaban J connectivity index is 1.49. The van der Waals surface area contributed by atoms with Gasteiger partial charge in [0.1, 0.15) is 6.04 Å². The summed E-state index contributed by atoms with van der Waals surface area (Å²) in [6.07, 6.45) is 0. The Kier molecular flexibility index (Phi) is 6.50. The summed E-state index contributed by atoms with van der Waals surface area (Å²) >= 11 is 1.60. The molecule has 0 fully saturated rings. The molecule has 0 spiro atoms. The van der Waals surface area contributed by atoms with Crippen molar-refractivity contribution in [1.82, 2.24) is 10.3 Å². The quantitative estimate of drug-likeness (QED) is 0.548. The number of carbonyl (C=O) groups is 2. The number of likely N-dealkylation sites (N-methyl/N-ethyl adjacent to an activating group) is 1. The molecule has 1 heterocycles. The highest BCUT2D eigenvalue weighted by Crippen LogP contribution is 2.24. The van der Waals surface area contributed by atoms with Gasteiger partial charge in [0, 0.05) is 11.8 Å². The average molecular weight is 419 g/mol. The van der Waals surface area contributed by atoms with E-state index in [4.69, 9.17) is 0 Å². The van der Waals surface area contributed by atoms with Crippen molar-refractivity contribution in [3.8, 4) is 0 Å². The average Bonchev–Trinajstić information content (AvgIpc) is 3.13. The standard InChI is InChI=1S/C20H20F2N4O2S/c1-12(20-25-16-5-3-4-6-17(16)29-20)26(2)11-19(28)23-10-18(27)24-13-7-8-14(21)15(22)9-13/h3-9,12H,10-11H2,1-2H3,(H,23,28)(H,24,27)/p+1/t12-/m0/s1. The molecule has 3 aromatic rings. The van der Waals surface area contributed by atoms with E-state index >= 15 is 0 Å². The highest BCUT2D eigenvalue weighted by molar-refractivity contribution is 7.18. The molecule has 0 aliphatic heterocycles. The molecule has 152 valence electrons. The van der Waals surface area contributed by atoms with Gasteiger partial charge in [0.05, 0.1) is 23.8 Å². The molecule has 6 nitrogen and oxygen atoms in total. The van der Waals surface area contributed by atoms with Crippen LogP contribution in [0.2, 0.25) is 0 Å². The summed E-state index contributed by atoms with van der Waals surface area (Å²) in [6.45, 7) is 1.90. The Morgan fingerprint density at radius 3 is 2.62 bits per heavy atom. The fourth-order valence-electron chi connectivity index (χ4n) is 2.71. The van der Waals surface area contributed by atoms with Gasteiger partial charge in [0.15, 0.2) is 23.2 Å². The molecule has 0 saturated carbocycles. The zero-order valence-corrected chi connectivity index (χ0v) is 16.8. The molecule has 29 heavy (non-hydrogen) atoms. The van der Waals surface area contributed by atoms with E-state index in [9.17, 15) is 18.4 Å². The van der Waals surface area contributed by atoms with E-state index in [1.807, 2.05) is 38.2 Å². The first kappa shape index (κ1) is 20.8. The lowest BCUT2D eigenvalue weighted by Crippen LogP contribution is -3.10. The minimum Gasteiger partial charge on any atom is -0.342 e. The number of benzene rings is 2. The Bertz CT molecular complexity index is 1010. The molecular formula is C20H21F2N4O2S+. The number of fused-ring (bicyclic) bond motifs is 1. The number of nitrogens with one attached hydrogen (secondary N) is 3. The van der Waals surface area contributed by atoms with Gasteiger partial charge in [-0.2, -0.15) is 0 Å². The Hall–Kier alpha value is -2.91. The van der Waals surface area contributed by atoms with Gasteiger partial charge in [-0.1, -0.05) is 12.1 Å². The second-order valence-electron chi connectivity index (χ2n) is 6.72. The van der Waals surface area contributed by atoms with Crippen LogP contribution in [0.3, 0.4) is 0 Å². The van der Waals surface area contributed by atoms with Gasteiger partial charge in [-0.15, -0.1) is 11.3 Å². The van der Waals surface area contributed by atoms with Crippen LogP contribution >= 0.6 is 11.3 Å². The molecule has 2 aromatic carbocycles. The third kappa shape index (κ3) is 5.33. The molecule has 3 N–H and O–H groups in total. The molecule has 0 aliphatic rings. The molecule has 1 aromatic heterocycles. The van der Waals surface area contributed by atoms with Crippen LogP contribution in [0.25, 0.3) is 10.2 Å². The number of nitrogens with zero attached hydrogens (tertiary/aromatic N) is 1. The summed E-state index contributed by atoms with van der Waals surface area (Å²) in [4.78, 5) is 29.6. The zero-order chi connectivity index (χ0) is 21.0. The predicted molar refractivity (Wildman–Crippen MR) is 108 cm³/mol. The van der Waals surface area contributed by atoms with Crippen LogP contribution in [-0.2, 0) is 9.59 Å². The summed E-state index contributed by atoms with van der Waals surface area (Å²) in [6, 6.07) is 10.9. The van der Waals surface area contributed by atoms with Crippen LogP contribution < -0.4 is 15.5 Å².